The Morgan fingerprint density at radius 3 is 2.39 bits per heavy atom. The van der Waals surface area contributed by atoms with Crippen molar-refractivity contribution in [1.29, 1.82) is 0 Å². The molecule has 0 fully saturated rings. The van der Waals surface area contributed by atoms with Crippen LogP contribution in [0.15, 0.2) is 58.0 Å². The lowest BCUT2D eigenvalue weighted by Gasteiger charge is -2.19. The van der Waals surface area contributed by atoms with Gasteiger partial charge in [0.05, 0.1) is 41.7 Å². The number of Topliss-reactive ketones (excluding diaryl/α,β-unsaturated/α-hetero) is 1. The summed E-state index contributed by atoms with van der Waals surface area (Å²) < 4.78 is 71.3. The van der Waals surface area contributed by atoms with Crippen LogP contribution in [0.5, 0.6) is 0 Å². The van der Waals surface area contributed by atoms with E-state index in [-0.39, 0.29) is 48.2 Å². The van der Waals surface area contributed by atoms with Gasteiger partial charge in [0.15, 0.2) is 5.78 Å². The Labute approximate surface area is 256 Å². The van der Waals surface area contributed by atoms with Crippen molar-refractivity contribution in [2.75, 3.05) is 31.7 Å². The van der Waals surface area contributed by atoms with E-state index in [1.165, 1.54) is 19.3 Å². The van der Waals surface area contributed by atoms with Crippen molar-refractivity contribution >= 4 is 45.0 Å². The van der Waals surface area contributed by atoms with Crippen LogP contribution in [-0.2, 0) is 35.6 Å². The van der Waals surface area contributed by atoms with E-state index in [1.807, 2.05) is 0 Å². The Kier molecular flexibility index (Phi) is 12.4. The molecule has 12 nitrogen and oxygen atoms in total. The molecule has 0 aliphatic heterocycles. The number of nitrogens with one attached hydrogen (secondary N) is 2. The number of sulfonamides is 1. The van der Waals surface area contributed by atoms with Crippen molar-refractivity contribution in [3.05, 3.63) is 82.3 Å². The van der Waals surface area contributed by atoms with Crippen LogP contribution in [-0.4, -0.2) is 64.7 Å². The summed E-state index contributed by atoms with van der Waals surface area (Å²) in [7, 11) is -4.25. The molecule has 4 N–H and O–H groups in total. The van der Waals surface area contributed by atoms with Gasteiger partial charge in [-0.2, -0.15) is 0 Å². The molecule has 1 unspecified atom stereocenters. The molecule has 16 heteroatoms. The number of halogens is 3. The van der Waals surface area contributed by atoms with Gasteiger partial charge in [0.25, 0.3) is 0 Å². The molecule has 2 atom stereocenters. The number of carbonyl (C=O) groups excluding carboxylic acids is 3. The van der Waals surface area contributed by atoms with Crippen LogP contribution in [0, 0.1) is 11.6 Å². The number of furan rings is 1. The molecule has 0 amide bonds. The molecule has 238 valence electrons. The third kappa shape index (κ3) is 10.4. The minimum Gasteiger partial charge on any atom is -0.467 e. The quantitative estimate of drug-likeness (QED) is 0.117. The first-order valence-electron chi connectivity index (χ1n) is 13.0. The van der Waals surface area contributed by atoms with Crippen LogP contribution in [0.2, 0.25) is 5.02 Å². The van der Waals surface area contributed by atoms with Crippen molar-refractivity contribution in [3.63, 3.8) is 0 Å². The van der Waals surface area contributed by atoms with Crippen LogP contribution >= 0.6 is 11.6 Å². The van der Waals surface area contributed by atoms with E-state index < -0.39 is 63.0 Å². The lowest BCUT2D eigenvalue weighted by atomic mass is 10.0. The lowest BCUT2D eigenvalue weighted by Crippen LogP contribution is -2.42. The summed E-state index contributed by atoms with van der Waals surface area (Å²) in [5.74, 6) is -3.41. The van der Waals surface area contributed by atoms with Crippen LogP contribution < -0.4 is 15.8 Å². The number of ether oxygens (including phenoxy) is 3. The maximum Gasteiger partial charge on any atom is 0.340 e. The van der Waals surface area contributed by atoms with E-state index in [0.29, 0.717) is 11.8 Å². The smallest absolute Gasteiger partial charge is 0.340 e. The maximum absolute atomic E-state index is 13.4. The number of rotatable bonds is 16. The van der Waals surface area contributed by atoms with Crippen LogP contribution in [0.4, 0.5) is 14.5 Å². The molecule has 44 heavy (non-hydrogen) atoms. The Bertz CT molecular complexity index is 1570. The first-order chi connectivity index (χ1) is 20.7. The number of primary sulfonamides is 1. The maximum atomic E-state index is 13.4. The number of esters is 2. The van der Waals surface area contributed by atoms with Gasteiger partial charge >= 0.3 is 11.9 Å². The fourth-order valence-electron chi connectivity index (χ4n) is 3.86. The number of ketones is 1. The van der Waals surface area contributed by atoms with Gasteiger partial charge < -0.3 is 29.3 Å². The van der Waals surface area contributed by atoms with Crippen molar-refractivity contribution in [2.24, 2.45) is 5.14 Å². The fraction of sp³-hybridized carbons (Fsp3) is 0.321. The second kappa shape index (κ2) is 15.7. The highest BCUT2D eigenvalue weighted by Gasteiger charge is 2.22. The average molecular weight is 658 g/mol. The number of nitrogens with two attached hydrogens (primary N) is 1. The molecular formula is C28H30ClF2N3O9S. The summed E-state index contributed by atoms with van der Waals surface area (Å²) >= 11 is 6.06. The van der Waals surface area contributed by atoms with Crippen LogP contribution in [0.1, 0.15) is 40.3 Å². The molecule has 3 rings (SSSR count). The summed E-state index contributed by atoms with van der Waals surface area (Å²) in [6, 6.07) is 6.77. The number of hydrogen-bond acceptors (Lipinski definition) is 11. The molecule has 1 heterocycles. The Balaban J connectivity index is 1.44. The van der Waals surface area contributed by atoms with E-state index >= 15 is 0 Å². The van der Waals surface area contributed by atoms with E-state index in [0.717, 1.165) is 18.2 Å². The molecule has 0 saturated carbocycles. The second-order valence-electron chi connectivity index (χ2n) is 9.49. The van der Waals surface area contributed by atoms with Gasteiger partial charge in [-0.05, 0) is 50.2 Å². The van der Waals surface area contributed by atoms with E-state index in [4.69, 9.17) is 35.4 Å². The second-order valence-corrected chi connectivity index (χ2v) is 11.4. The van der Waals surface area contributed by atoms with Gasteiger partial charge in [0.2, 0.25) is 10.0 Å². The molecule has 0 spiro atoms. The first kappa shape index (κ1) is 34.6. The van der Waals surface area contributed by atoms with Crippen molar-refractivity contribution in [1.82, 2.24) is 5.32 Å². The molecule has 2 aromatic carbocycles. The monoisotopic (exact) mass is 657 g/mol. The van der Waals surface area contributed by atoms with Crippen molar-refractivity contribution in [2.45, 2.75) is 37.4 Å². The normalized spacial score (nSPS) is 12.8. The fourth-order valence-corrected chi connectivity index (χ4v) is 4.96. The Morgan fingerprint density at radius 1 is 1.05 bits per heavy atom. The van der Waals surface area contributed by atoms with Gasteiger partial charge in [-0.3, -0.25) is 4.79 Å². The zero-order valence-corrected chi connectivity index (χ0v) is 25.2. The topological polar surface area (TPSA) is 176 Å². The van der Waals surface area contributed by atoms with Gasteiger partial charge in [-0.1, -0.05) is 11.6 Å². The molecule has 0 saturated heterocycles. The zero-order chi connectivity index (χ0) is 32.4. The molecule has 3 aromatic rings. The summed E-state index contributed by atoms with van der Waals surface area (Å²) in [4.78, 5) is 36.8. The highest BCUT2D eigenvalue weighted by Crippen LogP contribution is 2.29. The number of benzene rings is 2. The zero-order valence-electron chi connectivity index (χ0n) is 23.6. The number of anilines is 1. The van der Waals surface area contributed by atoms with Crippen molar-refractivity contribution < 1.29 is 50.2 Å². The molecule has 0 aliphatic rings. The minimum absolute atomic E-state index is 0.136. The number of hydrogen-bond donors (Lipinski definition) is 3. The lowest BCUT2D eigenvalue weighted by molar-refractivity contribution is -0.149. The summed E-state index contributed by atoms with van der Waals surface area (Å²) in [6.45, 7) is 2.19. The summed E-state index contributed by atoms with van der Waals surface area (Å²) in [5, 5.41) is 10.8. The third-order valence-electron chi connectivity index (χ3n) is 5.88. The van der Waals surface area contributed by atoms with Crippen LogP contribution in [0.3, 0.4) is 0 Å². The first-order valence-corrected chi connectivity index (χ1v) is 15.0. The third-order valence-corrected chi connectivity index (χ3v) is 7.26. The van der Waals surface area contributed by atoms with Crippen LogP contribution in [0.25, 0.3) is 0 Å². The number of carbonyl (C=O) groups is 3. The largest absolute Gasteiger partial charge is 0.467 e. The highest BCUT2D eigenvalue weighted by molar-refractivity contribution is 7.89. The molecule has 0 aliphatic carbocycles. The SMILES string of the molecule is CC(COC(=O)COCCOC(=O)c1cc(S(N)(=O)=O)c(Cl)cc1NCc1ccco1)N[C@@H](C)C(=O)c1cc(F)cc(F)c1. The predicted octanol–water partition coefficient (Wildman–Crippen LogP) is 3.44. The average Bonchev–Trinajstić information content (AvgIpc) is 3.47. The summed E-state index contributed by atoms with van der Waals surface area (Å²) in [6.07, 6.45) is 1.46. The van der Waals surface area contributed by atoms with Gasteiger partial charge in [-0.15, -0.1) is 0 Å². The highest BCUT2D eigenvalue weighted by atomic mass is 35.5. The van der Waals surface area contributed by atoms with E-state index in [2.05, 4.69) is 10.6 Å². The minimum atomic E-state index is -4.25. The van der Waals surface area contributed by atoms with E-state index in [9.17, 15) is 31.6 Å². The summed E-state index contributed by atoms with van der Waals surface area (Å²) in [5.41, 5.74) is -0.140. The van der Waals surface area contributed by atoms with Crippen molar-refractivity contribution in [3.8, 4) is 0 Å². The Hall–Kier alpha value is -3.89. The van der Waals surface area contributed by atoms with Gasteiger partial charge in [-0.25, -0.2) is 31.9 Å². The van der Waals surface area contributed by atoms with Gasteiger partial charge in [0, 0.05) is 17.7 Å². The standard InChI is InChI=1S/C28H30ClF2N3O9S/c1-16(34-17(2)27(36)18-8-19(30)10-20(31)9-18)14-43-26(35)15-40-6-7-42-28(37)22-11-25(44(32,38)39)23(29)12-24(22)33-13-21-4-3-5-41-21/h3-5,8-12,16-17,33-34H,6-7,13-15H2,1-2H3,(H2,32,38,39)/t16?,17-/m0/s1. The van der Waals surface area contributed by atoms with E-state index in [1.54, 1.807) is 19.1 Å². The molecule has 0 bridgehead atoms. The predicted molar refractivity (Wildman–Crippen MR) is 154 cm³/mol. The molecule has 0 radical (unpaired) electrons. The molecular weight excluding hydrogens is 628 g/mol. The molecule has 1 aromatic heterocycles. The Morgan fingerprint density at radius 2 is 1.75 bits per heavy atom. The van der Waals surface area contributed by atoms with Gasteiger partial charge in [0.1, 0.15) is 42.1 Å².